The lowest BCUT2D eigenvalue weighted by Gasteiger charge is -2.18. The molecule has 6 nitrogen and oxygen atoms in total. The molecule has 6 heteroatoms. The maximum Gasteiger partial charge on any atom is 0.306 e. The van der Waals surface area contributed by atoms with Crippen LogP contribution in [-0.4, -0.2) is 37.2 Å². The molecule has 0 heterocycles. The highest BCUT2D eigenvalue weighted by atomic mass is 16.6. The molecule has 0 aliphatic rings. The Kier molecular flexibility index (Phi) is 64.2. The van der Waals surface area contributed by atoms with Gasteiger partial charge in [-0.25, -0.2) is 0 Å². The number of hydrogen-bond acceptors (Lipinski definition) is 6. The van der Waals surface area contributed by atoms with E-state index in [4.69, 9.17) is 14.2 Å². The summed E-state index contributed by atoms with van der Waals surface area (Å²) in [5.41, 5.74) is 0. The number of esters is 3. The van der Waals surface area contributed by atoms with Gasteiger partial charge in [0.2, 0.25) is 0 Å². The van der Waals surface area contributed by atoms with Gasteiger partial charge in [0.15, 0.2) is 6.10 Å². The van der Waals surface area contributed by atoms with Crippen LogP contribution < -0.4 is 0 Å². The summed E-state index contributed by atoms with van der Waals surface area (Å²) in [6.45, 7) is 6.51. The summed E-state index contributed by atoms with van der Waals surface area (Å²) in [6, 6.07) is 0. The molecule has 0 fully saturated rings. The van der Waals surface area contributed by atoms with Crippen LogP contribution in [0, 0.1) is 0 Å². The summed E-state index contributed by atoms with van der Waals surface area (Å²) in [6.07, 6.45) is 89.2. The highest BCUT2D eigenvalue weighted by Crippen LogP contribution is 2.17. The Morgan fingerprint density at radius 1 is 0.266 bits per heavy atom. The Balaban J connectivity index is 4.09. The van der Waals surface area contributed by atoms with Gasteiger partial charge in [0.05, 0.1) is 0 Å². The van der Waals surface area contributed by atoms with Gasteiger partial charge in [-0.1, -0.05) is 311 Å². The number of rotatable bonds is 62. The fourth-order valence-electron chi connectivity index (χ4n) is 9.80. The molecule has 0 amide bonds. The van der Waals surface area contributed by atoms with E-state index < -0.39 is 6.10 Å². The molecule has 0 aromatic carbocycles. The molecular formula is C73H128O6. The van der Waals surface area contributed by atoms with Crippen LogP contribution in [0.4, 0.5) is 0 Å². The third kappa shape index (κ3) is 65.3. The number of carbonyl (C=O) groups excluding carboxylic acids is 3. The molecule has 0 spiro atoms. The number of unbranched alkanes of at least 4 members (excludes halogenated alkanes) is 37. The van der Waals surface area contributed by atoms with Gasteiger partial charge >= 0.3 is 17.9 Å². The lowest BCUT2D eigenvalue weighted by Crippen LogP contribution is -2.30. The molecule has 0 saturated heterocycles. The van der Waals surface area contributed by atoms with Gasteiger partial charge in [0.1, 0.15) is 13.2 Å². The fourth-order valence-corrected chi connectivity index (χ4v) is 9.80. The molecule has 0 saturated carbocycles. The predicted octanol–water partition coefficient (Wildman–Crippen LogP) is 23.4. The topological polar surface area (TPSA) is 78.9 Å². The van der Waals surface area contributed by atoms with Crippen LogP contribution in [0.2, 0.25) is 0 Å². The largest absolute Gasteiger partial charge is 0.462 e. The zero-order valence-electron chi connectivity index (χ0n) is 52.4. The van der Waals surface area contributed by atoms with Gasteiger partial charge in [0.25, 0.3) is 0 Å². The maximum absolute atomic E-state index is 12.9. The molecule has 0 radical (unpaired) electrons. The summed E-state index contributed by atoms with van der Waals surface area (Å²) in [4.78, 5) is 38.2. The van der Waals surface area contributed by atoms with Crippen molar-refractivity contribution < 1.29 is 28.6 Å². The third-order valence-corrected chi connectivity index (χ3v) is 14.9. The molecule has 0 aromatic rings. The smallest absolute Gasteiger partial charge is 0.306 e. The molecule has 0 N–H and O–H groups in total. The van der Waals surface area contributed by atoms with Crippen LogP contribution in [-0.2, 0) is 28.6 Å². The second-order valence-corrected chi connectivity index (χ2v) is 22.7. The first-order valence-electron chi connectivity index (χ1n) is 34.1. The molecule has 0 aromatic heterocycles. The maximum atomic E-state index is 12.9. The highest BCUT2D eigenvalue weighted by Gasteiger charge is 2.19. The average molecular weight is 1100 g/mol. The van der Waals surface area contributed by atoms with Gasteiger partial charge < -0.3 is 14.2 Å². The van der Waals surface area contributed by atoms with Crippen molar-refractivity contribution in [3.05, 3.63) is 85.1 Å². The molecule has 79 heavy (non-hydrogen) atoms. The summed E-state index contributed by atoms with van der Waals surface area (Å²) < 4.78 is 16.9. The van der Waals surface area contributed by atoms with Crippen LogP contribution in [0.5, 0.6) is 0 Å². The molecule has 0 bridgehead atoms. The van der Waals surface area contributed by atoms with Crippen LogP contribution >= 0.6 is 0 Å². The Morgan fingerprint density at radius 2 is 0.494 bits per heavy atom. The standard InChI is InChI=1S/C73H128O6/c1-4-7-10-13-16-18-20-22-24-26-28-30-32-34-36-38-40-42-44-46-48-50-52-54-57-60-63-66-72(75)78-69-70(68-77-71(74)65-62-59-56-15-12-9-6-3)79-73(76)67-64-61-58-55-53-51-49-47-45-43-41-39-37-35-33-31-29-27-25-23-21-19-17-14-11-8-5-2/h7,10,16,18,21-24,27-30,33,35,70H,4-6,8-9,11-15,17,19-20,25-26,31-32,34,36-69H2,1-3H3/b10-7-,18-16-,23-21-,24-22-,29-27-,30-28-,35-33-. The highest BCUT2D eigenvalue weighted by molar-refractivity contribution is 5.71. The van der Waals surface area contributed by atoms with E-state index in [0.717, 1.165) is 96.3 Å². The first-order valence-corrected chi connectivity index (χ1v) is 34.1. The van der Waals surface area contributed by atoms with Crippen LogP contribution in [0.1, 0.15) is 342 Å². The number of allylic oxidation sites excluding steroid dienone is 14. The minimum Gasteiger partial charge on any atom is -0.462 e. The number of hydrogen-bond donors (Lipinski definition) is 0. The van der Waals surface area contributed by atoms with Gasteiger partial charge in [-0.15, -0.1) is 0 Å². The van der Waals surface area contributed by atoms with Crippen molar-refractivity contribution in [1.82, 2.24) is 0 Å². The molecule has 0 aliphatic carbocycles. The molecule has 0 aliphatic heterocycles. The van der Waals surface area contributed by atoms with Crippen molar-refractivity contribution in [3.63, 3.8) is 0 Å². The van der Waals surface area contributed by atoms with E-state index in [-0.39, 0.29) is 31.1 Å². The van der Waals surface area contributed by atoms with Gasteiger partial charge in [-0.3, -0.25) is 14.4 Å². The van der Waals surface area contributed by atoms with Crippen molar-refractivity contribution in [2.45, 2.75) is 348 Å². The van der Waals surface area contributed by atoms with Crippen molar-refractivity contribution in [2.24, 2.45) is 0 Å². The first-order chi connectivity index (χ1) is 39.0. The summed E-state index contributed by atoms with van der Waals surface area (Å²) in [7, 11) is 0. The molecule has 0 rings (SSSR count). The van der Waals surface area contributed by atoms with E-state index >= 15 is 0 Å². The normalized spacial score (nSPS) is 12.6. The SMILES string of the molecule is CC/C=C\C/C=C\C/C=C\C/C=C\CCCCCCCCCCCCCCCCC(=O)OCC(COC(=O)CCCCCCCCC)OC(=O)CCCCCCCCCCCCCC/C=C\C/C=C\C/C=C\CCCCCCC. The minimum atomic E-state index is -0.775. The monoisotopic (exact) mass is 1100 g/mol. The minimum absolute atomic E-state index is 0.0740. The van der Waals surface area contributed by atoms with E-state index in [1.165, 1.54) is 205 Å². The van der Waals surface area contributed by atoms with Crippen molar-refractivity contribution in [3.8, 4) is 0 Å². The van der Waals surface area contributed by atoms with Crippen molar-refractivity contribution in [1.29, 1.82) is 0 Å². The first kappa shape index (κ1) is 75.6. The Hall–Kier alpha value is -3.41. The lowest BCUT2D eigenvalue weighted by atomic mass is 10.0. The van der Waals surface area contributed by atoms with E-state index in [2.05, 4.69) is 106 Å². The predicted molar refractivity (Wildman–Crippen MR) is 344 cm³/mol. The van der Waals surface area contributed by atoms with Crippen LogP contribution in [0.3, 0.4) is 0 Å². The average Bonchev–Trinajstić information content (AvgIpc) is 3.45. The van der Waals surface area contributed by atoms with Gasteiger partial charge in [-0.2, -0.15) is 0 Å². The summed E-state index contributed by atoms with van der Waals surface area (Å²) >= 11 is 0. The Bertz CT molecular complexity index is 1500. The number of ether oxygens (including phenoxy) is 3. The molecule has 1 unspecified atom stereocenters. The Labute approximate surface area is 490 Å². The second kappa shape index (κ2) is 67.1. The van der Waals surface area contributed by atoms with Crippen LogP contribution in [0.15, 0.2) is 85.1 Å². The Morgan fingerprint density at radius 3 is 0.772 bits per heavy atom. The van der Waals surface area contributed by atoms with Crippen molar-refractivity contribution in [2.75, 3.05) is 13.2 Å². The summed E-state index contributed by atoms with van der Waals surface area (Å²) in [5, 5.41) is 0. The molecular weight excluding hydrogens is 973 g/mol. The van der Waals surface area contributed by atoms with Crippen molar-refractivity contribution >= 4 is 17.9 Å². The third-order valence-electron chi connectivity index (χ3n) is 14.9. The van der Waals surface area contributed by atoms with E-state index in [1.807, 2.05) is 0 Å². The van der Waals surface area contributed by atoms with E-state index in [1.54, 1.807) is 0 Å². The van der Waals surface area contributed by atoms with E-state index in [0.29, 0.717) is 19.3 Å². The second-order valence-electron chi connectivity index (χ2n) is 22.7. The molecule has 1 atom stereocenters. The fraction of sp³-hybridized carbons (Fsp3) is 0.767. The summed E-state index contributed by atoms with van der Waals surface area (Å²) in [5.74, 6) is -0.868. The number of carbonyl (C=O) groups is 3. The molecule has 456 valence electrons. The lowest BCUT2D eigenvalue weighted by molar-refractivity contribution is -0.167. The van der Waals surface area contributed by atoms with E-state index in [9.17, 15) is 14.4 Å². The van der Waals surface area contributed by atoms with Gasteiger partial charge in [-0.05, 0) is 96.3 Å². The zero-order chi connectivity index (χ0) is 57.1. The van der Waals surface area contributed by atoms with Gasteiger partial charge in [0, 0.05) is 19.3 Å². The van der Waals surface area contributed by atoms with Crippen LogP contribution in [0.25, 0.3) is 0 Å². The quantitative estimate of drug-likeness (QED) is 0.0261. The zero-order valence-corrected chi connectivity index (χ0v) is 52.4.